The van der Waals surface area contributed by atoms with Crippen molar-refractivity contribution >= 4 is 58.2 Å². The summed E-state index contributed by atoms with van der Waals surface area (Å²) < 4.78 is 29.7. The average molecular weight is 630 g/mol. The van der Waals surface area contributed by atoms with Gasteiger partial charge in [0.15, 0.2) is 0 Å². The van der Waals surface area contributed by atoms with Gasteiger partial charge in [0.1, 0.15) is 17.3 Å². The van der Waals surface area contributed by atoms with E-state index >= 15 is 0 Å². The zero-order valence-corrected chi connectivity index (χ0v) is 25.0. The van der Waals surface area contributed by atoms with Crippen molar-refractivity contribution in [1.82, 2.24) is 4.90 Å². The van der Waals surface area contributed by atoms with E-state index in [1.165, 1.54) is 43.4 Å². The van der Waals surface area contributed by atoms with Crippen LogP contribution in [0.2, 0.25) is 15.1 Å². The summed E-state index contributed by atoms with van der Waals surface area (Å²) in [5.74, 6) is -0.0151. The lowest BCUT2D eigenvalue weighted by Crippen LogP contribution is -2.44. The Kier molecular flexibility index (Phi) is 8.50. The quantitative estimate of drug-likeness (QED) is 0.192. The third-order valence-corrected chi connectivity index (χ3v) is 7.79. The van der Waals surface area contributed by atoms with Crippen molar-refractivity contribution in [3.8, 4) is 22.6 Å². The van der Waals surface area contributed by atoms with Crippen LogP contribution in [0.15, 0.2) is 66.7 Å². The highest BCUT2D eigenvalue weighted by Gasteiger charge is 2.36. The van der Waals surface area contributed by atoms with E-state index in [-0.39, 0.29) is 39.4 Å². The van der Waals surface area contributed by atoms with E-state index in [2.05, 4.69) is 0 Å². The van der Waals surface area contributed by atoms with Gasteiger partial charge in [-0.25, -0.2) is 14.0 Å². The van der Waals surface area contributed by atoms with Gasteiger partial charge in [-0.1, -0.05) is 46.9 Å². The zero-order valence-electron chi connectivity index (χ0n) is 22.7. The Morgan fingerprint density at radius 2 is 1.50 bits per heavy atom. The van der Waals surface area contributed by atoms with E-state index in [0.717, 1.165) is 5.56 Å². The third kappa shape index (κ3) is 5.57. The van der Waals surface area contributed by atoms with Crippen LogP contribution in [0.1, 0.15) is 21.5 Å². The second-order valence-corrected chi connectivity index (χ2v) is 10.6. The molecule has 42 heavy (non-hydrogen) atoms. The Morgan fingerprint density at radius 1 is 0.833 bits per heavy atom. The number of hydrogen-bond donors (Lipinski definition) is 0. The minimum Gasteiger partial charge on any atom is -0.497 e. The van der Waals surface area contributed by atoms with E-state index < -0.39 is 17.8 Å². The fourth-order valence-electron chi connectivity index (χ4n) is 4.87. The van der Waals surface area contributed by atoms with Crippen LogP contribution in [-0.2, 0) is 17.8 Å². The van der Waals surface area contributed by atoms with Gasteiger partial charge in [0.05, 0.1) is 59.9 Å². The molecule has 4 aromatic rings. The van der Waals surface area contributed by atoms with Crippen molar-refractivity contribution in [3.05, 3.63) is 104 Å². The molecule has 11 heteroatoms. The number of halogens is 4. The number of anilines is 2. The number of benzene rings is 4. The molecule has 0 spiro atoms. The molecule has 0 aromatic heterocycles. The molecule has 1 aliphatic rings. The molecule has 0 fully saturated rings. The lowest BCUT2D eigenvalue weighted by molar-refractivity contribution is 0.0600. The smallest absolute Gasteiger partial charge is 0.337 e. The van der Waals surface area contributed by atoms with Crippen LogP contribution in [-0.4, -0.2) is 38.2 Å². The number of methoxy groups -OCH3 is 3. The minimum absolute atomic E-state index is 0.0534. The number of hydrogen-bond acceptors (Lipinski definition) is 5. The molecule has 1 aliphatic heterocycles. The summed E-state index contributed by atoms with van der Waals surface area (Å²) in [6.45, 7) is 0.413. The fourth-order valence-corrected chi connectivity index (χ4v) is 5.80. The molecule has 0 saturated carbocycles. The molecule has 0 radical (unpaired) electrons. The van der Waals surface area contributed by atoms with Crippen LogP contribution in [0, 0.1) is 5.82 Å². The van der Waals surface area contributed by atoms with Gasteiger partial charge in [0.2, 0.25) is 0 Å². The molecule has 7 nitrogen and oxygen atoms in total. The van der Waals surface area contributed by atoms with Gasteiger partial charge in [-0.15, -0.1) is 0 Å². The normalized spacial score (nSPS) is 12.7. The number of carbonyl (C=O) groups excluding carboxylic acids is 2. The molecule has 2 amide bonds. The molecular formula is C31H24Cl3FN2O5. The SMILES string of the molecule is COC(=O)c1cc(Cl)c(N2C(=O)N(Cc3ccc(OC)cc3)Cc3c(-c4ccc(F)cc4Cl)cc(OC)cc32)c(Cl)c1. The topological polar surface area (TPSA) is 68.3 Å². The first-order valence-corrected chi connectivity index (χ1v) is 13.7. The summed E-state index contributed by atoms with van der Waals surface area (Å²) in [6.07, 6.45) is 0. The number of carbonyl (C=O) groups is 2. The number of nitrogens with zero attached hydrogens (tertiary/aromatic N) is 2. The van der Waals surface area contributed by atoms with Crippen LogP contribution in [0.25, 0.3) is 11.1 Å². The lowest BCUT2D eigenvalue weighted by Gasteiger charge is -2.39. The van der Waals surface area contributed by atoms with Crippen LogP contribution in [0.3, 0.4) is 0 Å². The summed E-state index contributed by atoms with van der Waals surface area (Å²) in [7, 11) is 4.31. The van der Waals surface area contributed by atoms with Gasteiger partial charge < -0.3 is 19.1 Å². The number of urea groups is 1. The van der Waals surface area contributed by atoms with Crippen LogP contribution in [0.4, 0.5) is 20.6 Å². The lowest BCUT2D eigenvalue weighted by atomic mass is 9.94. The molecule has 216 valence electrons. The van der Waals surface area contributed by atoms with Crippen molar-refractivity contribution in [3.63, 3.8) is 0 Å². The molecule has 5 rings (SSSR count). The highest BCUT2D eigenvalue weighted by atomic mass is 35.5. The predicted octanol–water partition coefficient (Wildman–Crippen LogP) is 8.53. The van der Waals surface area contributed by atoms with Gasteiger partial charge in [-0.05, 0) is 59.7 Å². The van der Waals surface area contributed by atoms with Crippen LogP contribution >= 0.6 is 34.8 Å². The second-order valence-electron chi connectivity index (χ2n) is 9.40. The first-order chi connectivity index (χ1) is 20.1. The number of fused-ring (bicyclic) bond motifs is 1. The Bertz CT molecular complexity index is 1670. The number of amides is 2. The molecule has 0 aliphatic carbocycles. The summed E-state index contributed by atoms with van der Waals surface area (Å²) in [6, 6.07) is 17.3. The van der Waals surface area contributed by atoms with Gasteiger partial charge >= 0.3 is 12.0 Å². The first-order valence-electron chi connectivity index (χ1n) is 12.6. The summed E-state index contributed by atoms with van der Waals surface area (Å²) >= 11 is 19.9. The monoisotopic (exact) mass is 628 g/mol. The van der Waals surface area contributed by atoms with Gasteiger partial charge in [-0.3, -0.25) is 4.90 Å². The Hall–Kier alpha value is -3.98. The van der Waals surface area contributed by atoms with Crippen molar-refractivity contribution in [1.29, 1.82) is 0 Å². The average Bonchev–Trinajstić information content (AvgIpc) is 2.98. The molecule has 4 aromatic carbocycles. The number of rotatable bonds is 7. The van der Waals surface area contributed by atoms with Crippen molar-refractivity contribution in [2.45, 2.75) is 13.1 Å². The molecule has 0 unspecified atom stereocenters. The maximum absolute atomic E-state index is 14.3. The van der Waals surface area contributed by atoms with E-state index in [0.29, 0.717) is 33.9 Å². The highest BCUT2D eigenvalue weighted by molar-refractivity contribution is 6.41. The van der Waals surface area contributed by atoms with E-state index in [1.807, 2.05) is 24.3 Å². The summed E-state index contributed by atoms with van der Waals surface area (Å²) in [5.41, 5.74) is 3.45. The van der Waals surface area contributed by atoms with Crippen LogP contribution < -0.4 is 14.4 Å². The Morgan fingerprint density at radius 3 is 2.10 bits per heavy atom. The van der Waals surface area contributed by atoms with Crippen molar-refractivity contribution in [2.75, 3.05) is 26.2 Å². The fraction of sp³-hybridized carbons (Fsp3) is 0.161. The number of esters is 1. The largest absolute Gasteiger partial charge is 0.497 e. The van der Waals surface area contributed by atoms with Gasteiger partial charge in [0, 0.05) is 23.7 Å². The van der Waals surface area contributed by atoms with Gasteiger partial charge in [0.25, 0.3) is 0 Å². The highest BCUT2D eigenvalue weighted by Crippen LogP contribution is 2.48. The molecule has 0 N–H and O–H groups in total. The maximum Gasteiger partial charge on any atom is 0.337 e. The number of ether oxygens (including phenoxy) is 3. The zero-order chi connectivity index (χ0) is 30.1. The maximum atomic E-state index is 14.3. The second kappa shape index (κ2) is 12.1. The summed E-state index contributed by atoms with van der Waals surface area (Å²) in [5, 5.41) is 0.296. The van der Waals surface area contributed by atoms with Crippen molar-refractivity contribution < 1.29 is 28.2 Å². The third-order valence-electron chi connectivity index (χ3n) is 6.90. The van der Waals surface area contributed by atoms with Gasteiger partial charge in [-0.2, -0.15) is 0 Å². The first kappa shape index (κ1) is 29.5. The van der Waals surface area contributed by atoms with E-state index in [4.69, 9.17) is 49.0 Å². The molecular weight excluding hydrogens is 606 g/mol. The van der Waals surface area contributed by atoms with Crippen LogP contribution in [0.5, 0.6) is 11.5 Å². The van der Waals surface area contributed by atoms with Crippen molar-refractivity contribution in [2.24, 2.45) is 0 Å². The van der Waals surface area contributed by atoms with E-state index in [1.54, 1.807) is 30.2 Å². The minimum atomic E-state index is -0.633. The Labute approximate surface area is 256 Å². The molecule has 1 heterocycles. The Balaban J connectivity index is 1.73. The standard InChI is InChI=1S/C31H24Cl3FN2O5/c1-40-20-7-4-17(5-8-20)15-36-16-24-23(22-9-6-19(35)12-25(22)32)13-21(41-2)14-28(24)37(31(36)39)29-26(33)10-18(11-27(29)34)30(38)42-3/h4-14H,15-16H2,1-3H3. The predicted molar refractivity (Wildman–Crippen MR) is 161 cm³/mol. The van der Waals surface area contributed by atoms with E-state index in [9.17, 15) is 14.0 Å². The summed E-state index contributed by atoms with van der Waals surface area (Å²) in [4.78, 5) is 29.5. The molecule has 0 bridgehead atoms. The molecule has 0 atom stereocenters. The molecule has 0 saturated heterocycles.